The molecule has 37 heavy (non-hydrogen) atoms. The van der Waals surface area contributed by atoms with Gasteiger partial charge in [0.15, 0.2) is 21.5 Å². The summed E-state index contributed by atoms with van der Waals surface area (Å²) in [6.45, 7) is 2.97. The zero-order chi connectivity index (χ0) is 26.2. The van der Waals surface area contributed by atoms with E-state index >= 15 is 0 Å². The summed E-state index contributed by atoms with van der Waals surface area (Å²) in [5, 5.41) is 11.9. The summed E-state index contributed by atoms with van der Waals surface area (Å²) < 4.78 is 67.3. The lowest BCUT2D eigenvalue weighted by Crippen LogP contribution is -2.36. The van der Waals surface area contributed by atoms with Gasteiger partial charge in [0, 0.05) is 13.1 Å². The first-order valence-corrected chi connectivity index (χ1v) is 13.3. The monoisotopic (exact) mass is 527 g/mol. The molecule has 1 aromatic heterocycles. The molecule has 0 saturated heterocycles. The van der Waals surface area contributed by atoms with Crippen LogP contribution in [0, 0.1) is 6.92 Å². The van der Waals surface area contributed by atoms with E-state index in [2.05, 4.69) is 26.5 Å². The van der Waals surface area contributed by atoms with Crippen LogP contribution in [0.1, 0.15) is 39.7 Å². The van der Waals surface area contributed by atoms with Crippen LogP contribution in [0.25, 0.3) is 0 Å². The molecule has 0 N–H and O–H groups in total. The second-order valence-electron chi connectivity index (χ2n) is 9.11. The van der Waals surface area contributed by atoms with Gasteiger partial charge in [-0.1, -0.05) is 54.1 Å². The first kappa shape index (κ1) is 25.1. The van der Waals surface area contributed by atoms with Crippen LogP contribution in [-0.2, 0) is 34.9 Å². The molecule has 5 rings (SSSR count). The number of rotatable bonds is 6. The quantitative estimate of drug-likeness (QED) is 0.365. The van der Waals surface area contributed by atoms with Gasteiger partial charge in [0.2, 0.25) is 0 Å². The van der Waals surface area contributed by atoms with Gasteiger partial charge in [0.1, 0.15) is 0 Å². The zero-order valence-electron chi connectivity index (χ0n) is 19.9. The minimum atomic E-state index is -4.47. The molecule has 1 atom stereocenters. The molecule has 0 saturated carbocycles. The number of alkyl halides is 3. The van der Waals surface area contributed by atoms with Gasteiger partial charge >= 0.3 is 6.18 Å². The van der Waals surface area contributed by atoms with Crippen LogP contribution >= 0.6 is 0 Å². The molecular weight excluding hydrogens is 503 g/mol. The highest BCUT2D eigenvalue weighted by atomic mass is 32.2. The minimum absolute atomic E-state index is 0.137. The minimum Gasteiger partial charge on any atom is -0.285 e. The van der Waals surface area contributed by atoms with Crippen molar-refractivity contribution in [2.24, 2.45) is 0 Å². The molecule has 0 amide bonds. The smallest absolute Gasteiger partial charge is 0.285 e. The Morgan fingerprint density at radius 2 is 1.62 bits per heavy atom. The maximum absolute atomic E-state index is 13.2. The Bertz CT molecular complexity index is 1500. The summed E-state index contributed by atoms with van der Waals surface area (Å²) >= 11 is 0. The molecule has 2 heterocycles. The third-order valence-electron chi connectivity index (χ3n) is 6.56. The summed E-state index contributed by atoms with van der Waals surface area (Å²) in [5.41, 5.74) is 3.00. The number of tetrazole rings is 1. The molecular formula is C26H24F3N5O2S. The summed E-state index contributed by atoms with van der Waals surface area (Å²) in [4.78, 5) is 2.20. The lowest BCUT2D eigenvalue weighted by Gasteiger charge is -2.35. The number of hydrogen-bond donors (Lipinski definition) is 0. The highest BCUT2D eigenvalue weighted by molar-refractivity contribution is 7.90. The molecule has 192 valence electrons. The van der Waals surface area contributed by atoms with Gasteiger partial charge in [-0.15, -0.1) is 5.10 Å². The van der Waals surface area contributed by atoms with Crippen LogP contribution in [0.3, 0.4) is 0 Å². The topological polar surface area (TPSA) is 81.0 Å². The Morgan fingerprint density at radius 1 is 0.946 bits per heavy atom. The van der Waals surface area contributed by atoms with Gasteiger partial charge in [-0.05, 0) is 64.7 Å². The molecule has 0 spiro atoms. The average Bonchev–Trinajstić information content (AvgIpc) is 3.31. The van der Waals surface area contributed by atoms with Gasteiger partial charge in [0.05, 0.1) is 16.5 Å². The molecule has 0 radical (unpaired) electrons. The standard InChI is InChI=1S/C26H24F3N5O2S/c1-18-6-12-23(13-7-18)37(35,36)17-34-25(30-31-32-34)24(20-8-10-22(11-9-20)26(27,28)29)33-15-14-19-4-2-3-5-21(19)16-33/h2-13,24H,14-17H2,1H3/t24-/m1/s1. The predicted octanol–water partition coefficient (Wildman–Crippen LogP) is 4.58. The molecule has 1 aliphatic rings. The number of fused-ring (bicyclic) bond motifs is 1. The Labute approximate surface area is 212 Å². The molecule has 0 bridgehead atoms. The summed E-state index contributed by atoms with van der Waals surface area (Å²) in [6, 6.07) is 18.7. The number of aromatic nitrogens is 4. The lowest BCUT2D eigenvalue weighted by molar-refractivity contribution is -0.137. The Morgan fingerprint density at radius 3 is 2.30 bits per heavy atom. The van der Waals surface area contributed by atoms with Crippen molar-refractivity contribution in [3.8, 4) is 0 Å². The fourth-order valence-electron chi connectivity index (χ4n) is 4.60. The van der Waals surface area contributed by atoms with Crippen molar-refractivity contribution in [2.75, 3.05) is 6.54 Å². The lowest BCUT2D eigenvalue weighted by atomic mass is 9.95. The van der Waals surface area contributed by atoms with Gasteiger partial charge in [-0.3, -0.25) is 4.90 Å². The first-order valence-electron chi connectivity index (χ1n) is 11.7. The van der Waals surface area contributed by atoms with Gasteiger partial charge in [-0.25, -0.2) is 13.1 Å². The highest BCUT2D eigenvalue weighted by Gasteiger charge is 2.34. The van der Waals surface area contributed by atoms with E-state index in [1.807, 2.05) is 25.1 Å². The van der Waals surface area contributed by atoms with Crippen molar-refractivity contribution < 1.29 is 21.6 Å². The summed E-state index contributed by atoms with van der Waals surface area (Å²) in [5.74, 6) is -0.255. The van der Waals surface area contributed by atoms with E-state index in [1.54, 1.807) is 12.1 Å². The van der Waals surface area contributed by atoms with E-state index in [-0.39, 0.29) is 10.7 Å². The van der Waals surface area contributed by atoms with Crippen LogP contribution in [0.5, 0.6) is 0 Å². The van der Waals surface area contributed by atoms with Crippen LogP contribution in [0.2, 0.25) is 0 Å². The van der Waals surface area contributed by atoms with Crippen molar-refractivity contribution in [3.63, 3.8) is 0 Å². The molecule has 0 aliphatic carbocycles. The number of nitrogens with zero attached hydrogens (tertiary/aromatic N) is 5. The van der Waals surface area contributed by atoms with Crippen molar-refractivity contribution in [1.82, 2.24) is 25.1 Å². The number of halogens is 3. The molecule has 11 heteroatoms. The summed E-state index contributed by atoms with van der Waals surface area (Å²) in [7, 11) is -3.79. The van der Waals surface area contributed by atoms with Gasteiger partial charge < -0.3 is 0 Å². The fraction of sp³-hybridized carbons (Fsp3) is 0.269. The molecule has 1 aliphatic heterocycles. The van der Waals surface area contributed by atoms with Gasteiger partial charge in [0.25, 0.3) is 0 Å². The second-order valence-corrected chi connectivity index (χ2v) is 11.1. The average molecular weight is 528 g/mol. The number of aryl methyl sites for hydroxylation is 1. The number of sulfone groups is 1. The van der Waals surface area contributed by atoms with Crippen LogP contribution in [0.4, 0.5) is 13.2 Å². The molecule has 4 aromatic rings. The van der Waals surface area contributed by atoms with E-state index in [0.717, 1.165) is 29.7 Å². The van der Waals surface area contributed by atoms with E-state index in [4.69, 9.17) is 0 Å². The van der Waals surface area contributed by atoms with Crippen LogP contribution < -0.4 is 0 Å². The molecule has 7 nitrogen and oxygen atoms in total. The molecule has 0 unspecified atom stereocenters. The molecule has 3 aromatic carbocycles. The van der Waals surface area contributed by atoms with Crippen molar-refractivity contribution >= 4 is 9.84 Å². The fourth-order valence-corrected chi connectivity index (χ4v) is 5.80. The highest BCUT2D eigenvalue weighted by Crippen LogP contribution is 2.35. The predicted molar refractivity (Wildman–Crippen MR) is 130 cm³/mol. The number of hydrogen-bond acceptors (Lipinski definition) is 6. The van der Waals surface area contributed by atoms with Crippen molar-refractivity contribution in [2.45, 2.75) is 42.9 Å². The largest absolute Gasteiger partial charge is 0.416 e. The normalized spacial score (nSPS) is 15.4. The number of benzene rings is 3. The molecule has 0 fully saturated rings. The zero-order valence-corrected chi connectivity index (χ0v) is 20.7. The summed E-state index contributed by atoms with van der Waals surface area (Å²) in [6.07, 6.45) is -3.74. The van der Waals surface area contributed by atoms with Crippen LogP contribution in [-0.4, -0.2) is 40.1 Å². The maximum Gasteiger partial charge on any atom is 0.416 e. The van der Waals surface area contributed by atoms with Gasteiger partial charge in [-0.2, -0.15) is 13.2 Å². The maximum atomic E-state index is 13.2. The second kappa shape index (κ2) is 9.71. The first-order chi connectivity index (χ1) is 17.6. The van der Waals surface area contributed by atoms with Crippen molar-refractivity contribution in [3.05, 3.63) is 106 Å². The Hall–Kier alpha value is -3.57. The third kappa shape index (κ3) is 5.28. The third-order valence-corrected chi connectivity index (χ3v) is 8.13. The van der Waals surface area contributed by atoms with Crippen molar-refractivity contribution in [1.29, 1.82) is 0 Å². The SMILES string of the molecule is Cc1ccc(S(=O)(=O)Cn2nnnc2[C@@H](c2ccc(C(F)(F)F)cc2)N2CCc3ccccc3C2)cc1. The Balaban J connectivity index is 1.54. The van der Waals surface area contributed by atoms with E-state index in [0.29, 0.717) is 18.7 Å². The Kier molecular flexibility index (Phi) is 6.59. The van der Waals surface area contributed by atoms with Crippen LogP contribution in [0.15, 0.2) is 77.7 Å². The van der Waals surface area contributed by atoms with E-state index in [1.165, 1.54) is 34.5 Å². The van der Waals surface area contributed by atoms with E-state index in [9.17, 15) is 21.6 Å². The van der Waals surface area contributed by atoms with E-state index < -0.39 is 33.5 Å².